The molecule has 1 N–H and O–H groups in total. The van der Waals surface area contributed by atoms with Crippen LogP contribution in [0.5, 0.6) is 5.88 Å². The first-order valence-electron chi connectivity index (χ1n) is 9.32. The van der Waals surface area contributed by atoms with Crippen LogP contribution in [0.25, 0.3) is 0 Å². The van der Waals surface area contributed by atoms with Crippen LogP contribution in [0, 0.1) is 0 Å². The van der Waals surface area contributed by atoms with Gasteiger partial charge in [0.2, 0.25) is 11.8 Å². The smallest absolute Gasteiger partial charge is 0.217 e. The molecule has 138 valence electrons. The molecule has 1 saturated heterocycles. The van der Waals surface area contributed by atoms with Gasteiger partial charge in [-0.05, 0) is 42.9 Å². The molecule has 5 nitrogen and oxygen atoms in total. The molecule has 0 bridgehead atoms. The van der Waals surface area contributed by atoms with Gasteiger partial charge in [-0.3, -0.25) is 4.79 Å². The topological polar surface area (TPSA) is 54.5 Å². The number of nitrogens with one attached hydrogen (secondary N) is 1. The summed E-state index contributed by atoms with van der Waals surface area (Å²) in [5, 5.41) is 2.84. The predicted octanol–water partition coefficient (Wildman–Crippen LogP) is 3.50. The van der Waals surface area contributed by atoms with Gasteiger partial charge in [-0.2, -0.15) is 0 Å². The van der Waals surface area contributed by atoms with E-state index in [9.17, 15) is 4.79 Å². The Balaban J connectivity index is 1.53. The van der Waals surface area contributed by atoms with Gasteiger partial charge < -0.3 is 15.0 Å². The molecule has 0 saturated carbocycles. The molecule has 5 heteroatoms. The Hall–Kier alpha value is -2.56. The molecule has 1 aliphatic heterocycles. The fourth-order valence-corrected chi connectivity index (χ4v) is 3.40. The Kier molecular flexibility index (Phi) is 6.10. The third-order valence-electron chi connectivity index (χ3n) is 4.87. The molecular formula is C21H27N3O2. The number of hydrogen-bond acceptors (Lipinski definition) is 4. The van der Waals surface area contributed by atoms with E-state index in [1.54, 1.807) is 6.92 Å². The fraction of sp³-hybridized carbons (Fsp3) is 0.429. The number of piperidine rings is 1. The molecule has 1 aromatic heterocycles. The van der Waals surface area contributed by atoms with E-state index in [1.165, 1.54) is 5.56 Å². The van der Waals surface area contributed by atoms with Gasteiger partial charge in [-0.25, -0.2) is 4.98 Å². The molecule has 0 radical (unpaired) electrons. The Morgan fingerprint density at radius 2 is 1.92 bits per heavy atom. The molecule has 3 rings (SSSR count). The summed E-state index contributed by atoms with van der Waals surface area (Å²) in [6.45, 7) is 6.82. The maximum Gasteiger partial charge on any atom is 0.217 e. The SMILES string of the molecule is CCOc1ccc(N2CCC(c3ccc(CNC(C)=O)cc3)CC2)cn1. The molecule has 1 aliphatic rings. The average molecular weight is 353 g/mol. The molecule has 0 aliphatic carbocycles. The van der Waals surface area contributed by atoms with Crippen molar-refractivity contribution in [1.82, 2.24) is 10.3 Å². The molecular weight excluding hydrogens is 326 g/mol. The summed E-state index contributed by atoms with van der Waals surface area (Å²) in [7, 11) is 0. The molecule has 1 aromatic carbocycles. The monoisotopic (exact) mass is 353 g/mol. The largest absolute Gasteiger partial charge is 0.478 e. The molecule has 0 spiro atoms. The van der Waals surface area contributed by atoms with E-state index in [-0.39, 0.29) is 5.91 Å². The maximum absolute atomic E-state index is 11.0. The number of aromatic nitrogens is 1. The number of amides is 1. The Morgan fingerprint density at radius 3 is 2.50 bits per heavy atom. The minimum absolute atomic E-state index is 0.00484. The van der Waals surface area contributed by atoms with E-state index in [0.717, 1.165) is 37.2 Å². The minimum atomic E-state index is 0.00484. The number of anilines is 1. The number of rotatable bonds is 6. The first kappa shape index (κ1) is 18.2. The lowest BCUT2D eigenvalue weighted by atomic mass is 9.89. The van der Waals surface area contributed by atoms with Crippen LogP contribution in [0.15, 0.2) is 42.6 Å². The number of nitrogens with zero attached hydrogens (tertiary/aromatic N) is 2. The summed E-state index contributed by atoms with van der Waals surface area (Å²) in [6, 6.07) is 12.7. The number of hydrogen-bond donors (Lipinski definition) is 1. The van der Waals surface area contributed by atoms with Crippen LogP contribution in [0.1, 0.15) is 43.7 Å². The van der Waals surface area contributed by atoms with E-state index < -0.39 is 0 Å². The Bertz CT molecular complexity index is 705. The Morgan fingerprint density at radius 1 is 1.19 bits per heavy atom. The van der Waals surface area contributed by atoms with Crippen molar-refractivity contribution in [3.05, 3.63) is 53.7 Å². The van der Waals surface area contributed by atoms with Crippen LogP contribution in [0.3, 0.4) is 0 Å². The van der Waals surface area contributed by atoms with Gasteiger partial charge >= 0.3 is 0 Å². The van der Waals surface area contributed by atoms with Gasteiger partial charge in [0, 0.05) is 32.6 Å². The second-order valence-electron chi connectivity index (χ2n) is 6.70. The zero-order valence-corrected chi connectivity index (χ0v) is 15.6. The highest BCUT2D eigenvalue weighted by Crippen LogP contribution is 2.30. The highest BCUT2D eigenvalue weighted by molar-refractivity contribution is 5.72. The van der Waals surface area contributed by atoms with Gasteiger partial charge in [0.05, 0.1) is 18.5 Å². The molecule has 1 fully saturated rings. The van der Waals surface area contributed by atoms with Gasteiger partial charge in [-0.15, -0.1) is 0 Å². The number of ether oxygens (including phenoxy) is 1. The number of carbonyl (C=O) groups excluding carboxylic acids is 1. The molecule has 2 heterocycles. The number of pyridine rings is 1. The van der Waals surface area contributed by atoms with E-state index >= 15 is 0 Å². The normalized spacial score (nSPS) is 14.9. The van der Waals surface area contributed by atoms with Gasteiger partial charge in [-0.1, -0.05) is 24.3 Å². The molecule has 1 amide bonds. The van der Waals surface area contributed by atoms with Crippen LogP contribution in [-0.4, -0.2) is 30.6 Å². The zero-order chi connectivity index (χ0) is 18.4. The van der Waals surface area contributed by atoms with E-state index in [0.29, 0.717) is 24.9 Å². The maximum atomic E-state index is 11.0. The summed E-state index contributed by atoms with van der Waals surface area (Å²) in [5.74, 6) is 1.28. The molecule has 26 heavy (non-hydrogen) atoms. The highest BCUT2D eigenvalue weighted by atomic mass is 16.5. The van der Waals surface area contributed by atoms with Gasteiger partial charge in [0.1, 0.15) is 0 Å². The highest BCUT2D eigenvalue weighted by Gasteiger charge is 2.21. The first-order chi connectivity index (χ1) is 12.7. The van der Waals surface area contributed by atoms with Crippen molar-refractivity contribution in [1.29, 1.82) is 0 Å². The van der Waals surface area contributed by atoms with Crippen molar-refractivity contribution in [2.75, 3.05) is 24.6 Å². The molecule has 2 aromatic rings. The van der Waals surface area contributed by atoms with Crippen LogP contribution >= 0.6 is 0 Å². The van der Waals surface area contributed by atoms with Crippen molar-refractivity contribution >= 4 is 11.6 Å². The fourth-order valence-electron chi connectivity index (χ4n) is 3.40. The van der Waals surface area contributed by atoms with E-state index in [1.807, 2.05) is 19.2 Å². The molecule has 0 unspecified atom stereocenters. The molecule has 0 atom stereocenters. The summed E-state index contributed by atoms with van der Waals surface area (Å²) in [4.78, 5) is 17.8. The summed E-state index contributed by atoms with van der Waals surface area (Å²) in [6.07, 6.45) is 4.18. The standard InChI is InChI=1S/C21H27N3O2/c1-3-26-21-9-8-20(15-23-21)24-12-10-19(11-13-24)18-6-4-17(5-7-18)14-22-16(2)25/h4-9,15,19H,3,10-14H2,1-2H3,(H,22,25). The van der Waals surface area contributed by atoms with Crippen molar-refractivity contribution in [3.8, 4) is 5.88 Å². The Labute approximate surface area is 155 Å². The third-order valence-corrected chi connectivity index (χ3v) is 4.87. The zero-order valence-electron chi connectivity index (χ0n) is 15.6. The lowest BCUT2D eigenvalue weighted by molar-refractivity contribution is -0.119. The van der Waals surface area contributed by atoms with Gasteiger partial charge in [0.25, 0.3) is 0 Å². The lowest BCUT2D eigenvalue weighted by Crippen LogP contribution is -2.32. The van der Waals surface area contributed by atoms with Crippen molar-refractivity contribution in [3.63, 3.8) is 0 Å². The van der Waals surface area contributed by atoms with Crippen LogP contribution in [0.2, 0.25) is 0 Å². The number of carbonyl (C=O) groups is 1. The average Bonchev–Trinajstić information content (AvgIpc) is 2.68. The second kappa shape index (κ2) is 8.70. The van der Waals surface area contributed by atoms with Gasteiger partial charge in [0.15, 0.2) is 0 Å². The lowest BCUT2D eigenvalue weighted by Gasteiger charge is -2.33. The van der Waals surface area contributed by atoms with E-state index in [4.69, 9.17) is 4.74 Å². The van der Waals surface area contributed by atoms with Crippen molar-refractivity contribution < 1.29 is 9.53 Å². The first-order valence-corrected chi connectivity index (χ1v) is 9.32. The summed E-state index contributed by atoms with van der Waals surface area (Å²) < 4.78 is 5.41. The predicted molar refractivity (Wildman–Crippen MR) is 104 cm³/mol. The third kappa shape index (κ3) is 4.75. The van der Waals surface area contributed by atoms with E-state index in [2.05, 4.69) is 45.5 Å². The van der Waals surface area contributed by atoms with Crippen LogP contribution in [0.4, 0.5) is 5.69 Å². The van der Waals surface area contributed by atoms with Crippen molar-refractivity contribution in [2.24, 2.45) is 0 Å². The number of benzene rings is 1. The minimum Gasteiger partial charge on any atom is -0.478 e. The summed E-state index contributed by atoms with van der Waals surface area (Å²) >= 11 is 0. The van der Waals surface area contributed by atoms with Crippen LogP contribution in [-0.2, 0) is 11.3 Å². The van der Waals surface area contributed by atoms with Crippen LogP contribution < -0.4 is 15.0 Å². The quantitative estimate of drug-likeness (QED) is 0.864. The second-order valence-corrected chi connectivity index (χ2v) is 6.70. The summed E-state index contributed by atoms with van der Waals surface area (Å²) in [5.41, 5.74) is 3.69. The van der Waals surface area contributed by atoms with Crippen molar-refractivity contribution in [2.45, 2.75) is 39.2 Å².